The molecule has 0 spiro atoms. The largest absolute Gasteiger partial charge is 0.357 e. The third kappa shape index (κ3) is 6.90. The van der Waals surface area contributed by atoms with Crippen molar-refractivity contribution in [2.75, 3.05) is 27.2 Å². The van der Waals surface area contributed by atoms with Crippen molar-refractivity contribution >= 4 is 41.3 Å². The first-order chi connectivity index (χ1) is 8.95. The quantitative estimate of drug-likeness (QED) is 0.431. The maximum atomic E-state index is 4.60. The average Bonchev–Trinajstić information content (AvgIpc) is 2.85. The summed E-state index contributed by atoms with van der Waals surface area (Å²) in [6.07, 6.45) is 0. The van der Waals surface area contributed by atoms with E-state index in [-0.39, 0.29) is 29.5 Å². The van der Waals surface area contributed by atoms with Crippen LogP contribution in [0.3, 0.4) is 0 Å². The fourth-order valence-electron chi connectivity index (χ4n) is 1.36. The fraction of sp³-hybridized carbons (Fsp3) is 0.643. The Kier molecular flexibility index (Phi) is 9.41. The van der Waals surface area contributed by atoms with Gasteiger partial charge in [-0.1, -0.05) is 6.07 Å². The summed E-state index contributed by atoms with van der Waals surface area (Å²) in [5, 5.41) is 8.77. The Morgan fingerprint density at radius 1 is 1.35 bits per heavy atom. The van der Waals surface area contributed by atoms with E-state index in [4.69, 9.17) is 0 Å². The van der Waals surface area contributed by atoms with Gasteiger partial charge in [-0.2, -0.15) is 0 Å². The summed E-state index contributed by atoms with van der Waals surface area (Å²) in [5.74, 6) is 0.880. The number of halogens is 1. The van der Waals surface area contributed by atoms with Crippen molar-refractivity contribution in [2.24, 2.45) is 4.99 Å². The van der Waals surface area contributed by atoms with E-state index in [2.05, 4.69) is 72.9 Å². The van der Waals surface area contributed by atoms with Crippen LogP contribution >= 0.6 is 35.3 Å². The van der Waals surface area contributed by atoms with Crippen LogP contribution in [-0.2, 0) is 6.54 Å². The van der Waals surface area contributed by atoms with Gasteiger partial charge < -0.3 is 15.5 Å². The molecule has 0 bridgehead atoms. The van der Waals surface area contributed by atoms with Crippen molar-refractivity contribution in [1.82, 2.24) is 15.5 Å². The first-order valence-corrected chi connectivity index (χ1v) is 7.55. The lowest BCUT2D eigenvalue weighted by Crippen LogP contribution is -2.50. The Morgan fingerprint density at radius 2 is 2.05 bits per heavy atom. The average molecular weight is 410 g/mol. The van der Waals surface area contributed by atoms with Gasteiger partial charge in [0, 0.05) is 23.5 Å². The van der Waals surface area contributed by atoms with Crippen LogP contribution in [0.15, 0.2) is 22.5 Å². The predicted molar refractivity (Wildman–Crippen MR) is 100 cm³/mol. The van der Waals surface area contributed by atoms with Crippen molar-refractivity contribution < 1.29 is 0 Å². The molecule has 0 atom stereocenters. The van der Waals surface area contributed by atoms with E-state index in [1.54, 1.807) is 11.3 Å². The number of likely N-dealkylation sites (N-methyl/N-ethyl adjacent to an activating group) is 1. The molecule has 20 heavy (non-hydrogen) atoms. The van der Waals surface area contributed by atoms with E-state index in [1.165, 1.54) is 4.88 Å². The van der Waals surface area contributed by atoms with Gasteiger partial charge in [-0.15, -0.1) is 35.3 Å². The highest BCUT2D eigenvalue weighted by Crippen LogP contribution is 2.10. The Hall–Kier alpha value is -0.340. The summed E-state index contributed by atoms with van der Waals surface area (Å²) in [4.78, 5) is 8.10. The number of nitrogens with zero attached hydrogens (tertiary/aromatic N) is 2. The van der Waals surface area contributed by atoms with E-state index in [1.807, 2.05) is 0 Å². The molecule has 0 aliphatic heterocycles. The molecule has 6 heteroatoms. The van der Waals surface area contributed by atoms with Gasteiger partial charge in [0.25, 0.3) is 0 Å². The van der Waals surface area contributed by atoms with Crippen LogP contribution in [0.1, 0.15) is 25.6 Å². The molecule has 0 fully saturated rings. The fourth-order valence-corrected chi connectivity index (χ4v) is 1.99. The first kappa shape index (κ1) is 19.7. The van der Waals surface area contributed by atoms with Crippen molar-refractivity contribution in [1.29, 1.82) is 0 Å². The molecule has 0 aromatic carbocycles. The van der Waals surface area contributed by atoms with Crippen LogP contribution in [0.5, 0.6) is 0 Å². The number of hydrogen-bond acceptors (Lipinski definition) is 3. The van der Waals surface area contributed by atoms with Gasteiger partial charge in [-0.25, -0.2) is 4.99 Å². The molecule has 0 amide bonds. The van der Waals surface area contributed by atoms with E-state index < -0.39 is 0 Å². The summed E-state index contributed by atoms with van der Waals surface area (Å²) >= 11 is 1.74. The zero-order valence-corrected chi connectivity index (χ0v) is 16.2. The highest BCUT2D eigenvalue weighted by atomic mass is 127. The third-order valence-corrected chi connectivity index (χ3v) is 4.08. The first-order valence-electron chi connectivity index (χ1n) is 6.67. The molecule has 0 saturated heterocycles. The lowest BCUT2D eigenvalue weighted by atomic mass is 10.0. The molecule has 2 N–H and O–H groups in total. The minimum atomic E-state index is 0. The molecule has 1 aromatic heterocycles. The van der Waals surface area contributed by atoms with E-state index in [0.717, 1.165) is 25.6 Å². The van der Waals surface area contributed by atoms with Crippen LogP contribution in [-0.4, -0.2) is 43.6 Å². The van der Waals surface area contributed by atoms with Crippen LogP contribution in [0.4, 0.5) is 0 Å². The van der Waals surface area contributed by atoms with Crippen LogP contribution in [0, 0.1) is 0 Å². The SMILES string of the molecule is CCNC(=NCc1cccs1)NCC(C)(C)N(C)C.I. The second-order valence-electron chi connectivity index (χ2n) is 5.33. The van der Waals surface area contributed by atoms with Crippen LogP contribution in [0.25, 0.3) is 0 Å². The molecular weight excluding hydrogens is 383 g/mol. The van der Waals surface area contributed by atoms with Gasteiger partial charge in [0.2, 0.25) is 0 Å². The van der Waals surface area contributed by atoms with Crippen molar-refractivity contribution in [3.63, 3.8) is 0 Å². The van der Waals surface area contributed by atoms with Gasteiger partial charge in [0.1, 0.15) is 0 Å². The highest BCUT2D eigenvalue weighted by molar-refractivity contribution is 14.0. The topological polar surface area (TPSA) is 39.7 Å². The molecule has 0 saturated carbocycles. The molecule has 1 heterocycles. The molecule has 0 aliphatic rings. The second-order valence-corrected chi connectivity index (χ2v) is 6.37. The minimum absolute atomic E-state index is 0. The lowest BCUT2D eigenvalue weighted by Gasteiger charge is -2.33. The minimum Gasteiger partial charge on any atom is -0.357 e. The number of hydrogen-bond donors (Lipinski definition) is 2. The summed E-state index contributed by atoms with van der Waals surface area (Å²) in [5.41, 5.74) is 0.0964. The van der Waals surface area contributed by atoms with Crippen LogP contribution in [0.2, 0.25) is 0 Å². The normalized spacial score (nSPS) is 12.2. The summed E-state index contributed by atoms with van der Waals surface area (Å²) in [7, 11) is 4.19. The third-order valence-electron chi connectivity index (χ3n) is 3.22. The maximum Gasteiger partial charge on any atom is 0.191 e. The molecule has 1 aromatic rings. The smallest absolute Gasteiger partial charge is 0.191 e. The number of aliphatic imine (C=N–C) groups is 1. The van der Waals surface area contributed by atoms with Gasteiger partial charge in [0.05, 0.1) is 6.54 Å². The zero-order valence-electron chi connectivity index (χ0n) is 13.1. The summed E-state index contributed by atoms with van der Waals surface area (Å²) in [6, 6.07) is 4.17. The Labute approximate surface area is 144 Å². The summed E-state index contributed by atoms with van der Waals surface area (Å²) < 4.78 is 0. The monoisotopic (exact) mass is 410 g/mol. The lowest BCUT2D eigenvalue weighted by molar-refractivity contribution is 0.197. The Bertz CT molecular complexity index is 388. The summed E-state index contributed by atoms with van der Waals surface area (Å²) in [6.45, 7) is 8.97. The van der Waals surface area contributed by atoms with Crippen LogP contribution < -0.4 is 10.6 Å². The number of thiophene rings is 1. The molecule has 1 rings (SSSR count). The van der Waals surface area contributed by atoms with Gasteiger partial charge in [-0.3, -0.25) is 0 Å². The highest BCUT2D eigenvalue weighted by Gasteiger charge is 2.20. The Balaban J connectivity index is 0.00000361. The van der Waals surface area contributed by atoms with Crippen molar-refractivity contribution in [2.45, 2.75) is 32.9 Å². The molecule has 0 aliphatic carbocycles. The standard InChI is InChI=1S/C14H26N4S.HI/c1-6-15-13(16-10-12-8-7-9-19-12)17-11-14(2,3)18(4)5;/h7-9H,6,10-11H2,1-5H3,(H2,15,16,17);1H. The molecule has 0 unspecified atom stereocenters. The van der Waals surface area contributed by atoms with Gasteiger partial charge in [0.15, 0.2) is 5.96 Å². The predicted octanol–water partition coefficient (Wildman–Crippen LogP) is 2.76. The second kappa shape index (κ2) is 9.57. The van der Waals surface area contributed by atoms with Gasteiger partial charge in [-0.05, 0) is 46.3 Å². The molecule has 4 nitrogen and oxygen atoms in total. The van der Waals surface area contributed by atoms with Crippen molar-refractivity contribution in [3.8, 4) is 0 Å². The molecule has 116 valence electrons. The maximum absolute atomic E-state index is 4.60. The number of nitrogens with one attached hydrogen (secondary N) is 2. The van der Waals surface area contributed by atoms with E-state index in [0.29, 0.717) is 0 Å². The van der Waals surface area contributed by atoms with Gasteiger partial charge >= 0.3 is 0 Å². The van der Waals surface area contributed by atoms with Crippen molar-refractivity contribution in [3.05, 3.63) is 22.4 Å². The number of guanidine groups is 1. The van der Waals surface area contributed by atoms with E-state index >= 15 is 0 Å². The zero-order chi connectivity index (χ0) is 14.3. The number of rotatable bonds is 6. The Morgan fingerprint density at radius 3 is 2.55 bits per heavy atom. The molecule has 0 radical (unpaired) electrons. The molecular formula is C14H27IN4S. The van der Waals surface area contributed by atoms with E-state index in [9.17, 15) is 0 Å².